The van der Waals surface area contributed by atoms with Crippen molar-refractivity contribution in [3.8, 4) is 5.75 Å². The third-order valence-corrected chi connectivity index (χ3v) is 3.11. The number of benzene rings is 2. The highest BCUT2D eigenvalue weighted by molar-refractivity contribution is 6.02. The highest BCUT2D eigenvalue weighted by atomic mass is 16.3. The summed E-state index contributed by atoms with van der Waals surface area (Å²) in [7, 11) is 0. The predicted molar refractivity (Wildman–Crippen MR) is 74.2 cm³/mol. The molecular weight excluding hydrogens is 224 g/mol. The highest BCUT2D eigenvalue weighted by Crippen LogP contribution is 2.33. The molecule has 0 heterocycles. The first-order valence-electron chi connectivity index (χ1n) is 6.23. The maximum absolute atomic E-state index is 11.1. The van der Waals surface area contributed by atoms with E-state index >= 15 is 0 Å². The largest absolute Gasteiger partial charge is 0.507 e. The van der Waals surface area contributed by atoms with Crippen LogP contribution in [0, 0.1) is 0 Å². The van der Waals surface area contributed by atoms with Gasteiger partial charge in [-0.3, -0.25) is 0 Å². The molecule has 2 rings (SSSR count). The van der Waals surface area contributed by atoms with Crippen LogP contribution in [-0.2, 0) is 4.79 Å². The van der Waals surface area contributed by atoms with Crippen molar-refractivity contribution in [1.29, 1.82) is 0 Å². The Balaban J connectivity index is 2.61. The zero-order valence-electron chi connectivity index (χ0n) is 10.4. The van der Waals surface area contributed by atoms with Crippen molar-refractivity contribution >= 4 is 22.3 Å². The molecular formula is C16H16O2. The molecule has 0 spiro atoms. The van der Waals surface area contributed by atoms with Crippen molar-refractivity contribution in [3.05, 3.63) is 42.0 Å². The Morgan fingerprint density at radius 1 is 1.22 bits per heavy atom. The van der Waals surface area contributed by atoms with E-state index < -0.39 is 0 Å². The fourth-order valence-electron chi connectivity index (χ4n) is 2.16. The van der Waals surface area contributed by atoms with E-state index in [4.69, 9.17) is 0 Å². The smallest absolute Gasteiger partial charge is 0.128 e. The van der Waals surface area contributed by atoms with Crippen LogP contribution in [0.4, 0.5) is 0 Å². The van der Waals surface area contributed by atoms with E-state index in [1.54, 1.807) is 6.07 Å². The summed E-state index contributed by atoms with van der Waals surface area (Å²) in [5, 5.41) is 11.9. The summed E-state index contributed by atoms with van der Waals surface area (Å²) in [5.41, 5.74) is 1.20. The molecule has 2 aromatic carbocycles. The van der Waals surface area contributed by atoms with Crippen LogP contribution in [0.15, 0.2) is 36.4 Å². The summed E-state index contributed by atoms with van der Waals surface area (Å²) < 4.78 is 0. The van der Waals surface area contributed by atoms with E-state index in [1.807, 2.05) is 36.3 Å². The molecule has 0 aliphatic rings. The molecule has 2 heteroatoms. The average Bonchev–Trinajstić information content (AvgIpc) is 2.41. The summed E-state index contributed by atoms with van der Waals surface area (Å²) >= 11 is 0. The zero-order chi connectivity index (χ0) is 13.0. The van der Waals surface area contributed by atoms with E-state index in [1.165, 1.54) is 0 Å². The van der Waals surface area contributed by atoms with Gasteiger partial charge in [-0.2, -0.15) is 0 Å². The monoisotopic (exact) mass is 240 g/mol. The van der Waals surface area contributed by atoms with Gasteiger partial charge in [-0.15, -0.1) is 0 Å². The first-order chi connectivity index (χ1) is 8.77. The Kier molecular flexibility index (Phi) is 3.81. The molecule has 0 saturated carbocycles. The van der Waals surface area contributed by atoms with Crippen LogP contribution in [0.2, 0.25) is 0 Å². The number of carbonyl (C=O) groups excluding carboxylic acids is 1. The van der Waals surface area contributed by atoms with E-state index in [-0.39, 0.29) is 5.75 Å². The maximum Gasteiger partial charge on any atom is 0.128 e. The van der Waals surface area contributed by atoms with Gasteiger partial charge in [0.05, 0.1) is 0 Å². The number of phenolic OH excluding ortho intramolecular Hbond substituents is 1. The second kappa shape index (κ2) is 5.52. The predicted octanol–water partition coefficient (Wildman–Crippen LogP) is 3.95. The van der Waals surface area contributed by atoms with Crippen LogP contribution < -0.4 is 0 Å². The van der Waals surface area contributed by atoms with E-state index in [2.05, 4.69) is 6.92 Å². The molecule has 0 unspecified atom stereocenters. The molecule has 0 aliphatic carbocycles. The normalized spacial score (nSPS) is 10.3. The topological polar surface area (TPSA) is 37.3 Å². The van der Waals surface area contributed by atoms with Gasteiger partial charge in [0.2, 0.25) is 0 Å². The van der Waals surface area contributed by atoms with Gasteiger partial charge in [-0.05, 0) is 29.7 Å². The van der Waals surface area contributed by atoms with E-state index in [0.717, 1.165) is 23.6 Å². The van der Waals surface area contributed by atoms with Gasteiger partial charge in [0.25, 0.3) is 0 Å². The summed E-state index contributed by atoms with van der Waals surface area (Å²) in [6, 6.07) is 11.2. The van der Waals surface area contributed by atoms with Crippen LogP contribution >= 0.6 is 0 Å². The van der Waals surface area contributed by atoms with Crippen molar-refractivity contribution in [3.63, 3.8) is 0 Å². The SMILES string of the molecule is CCCCC(=C=O)c1c(O)ccc2ccccc12. The molecule has 92 valence electrons. The Bertz CT molecular complexity index is 608. The first-order valence-corrected chi connectivity index (χ1v) is 6.23. The lowest BCUT2D eigenvalue weighted by atomic mass is 9.95. The molecule has 2 aromatic rings. The lowest BCUT2D eigenvalue weighted by molar-refractivity contribution is 0.474. The third kappa shape index (κ3) is 2.29. The summed E-state index contributed by atoms with van der Waals surface area (Å²) in [4.78, 5) is 11.1. The fourth-order valence-corrected chi connectivity index (χ4v) is 2.16. The molecule has 0 aliphatic heterocycles. The van der Waals surface area contributed by atoms with Crippen LogP contribution in [0.5, 0.6) is 5.75 Å². The minimum atomic E-state index is 0.156. The Morgan fingerprint density at radius 3 is 2.72 bits per heavy atom. The molecule has 0 atom stereocenters. The molecule has 18 heavy (non-hydrogen) atoms. The van der Waals surface area contributed by atoms with Crippen LogP contribution in [0.25, 0.3) is 16.3 Å². The van der Waals surface area contributed by atoms with Crippen LogP contribution in [0.1, 0.15) is 31.7 Å². The van der Waals surface area contributed by atoms with Crippen molar-refractivity contribution in [2.75, 3.05) is 0 Å². The van der Waals surface area contributed by atoms with Gasteiger partial charge < -0.3 is 5.11 Å². The number of hydrogen-bond acceptors (Lipinski definition) is 2. The second-order valence-electron chi connectivity index (χ2n) is 4.36. The van der Waals surface area contributed by atoms with Crippen molar-refractivity contribution < 1.29 is 9.90 Å². The lowest BCUT2D eigenvalue weighted by Crippen LogP contribution is -1.90. The fraction of sp³-hybridized carbons (Fsp3) is 0.250. The van der Waals surface area contributed by atoms with E-state index in [0.29, 0.717) is 17.6 Å². The molecule has 2 nitrogen and oxygen atoms in total. The standard InChI is InChI=1S/C16H16O2/c1-2-3-6-13(11-17)16-14-8-5-4-7-12(14)9-10-15(16)18/h4-5,7-10,18H,2-3,6H2,1H3. The highest BCUT2D eigenvalue weighted by Gasteiger charge is 2.12. The van der Waals surface area contributed by atoms with Crippen molar-refractivity contribution in [2.45, 2.75) is 26.2 Å². The summed E-state index contributed by atoms with van der Waals surface area (Å²) in [6.45, 7) is 2.07. The lowest BCUT2D eigenvalue weighted by Gasteiger charge is -2.09. The average molecular weight is 240 g/mol. The number of hydrogen-bond donors (Lipinski definition) is 1. The zero-order valence-corrected chi connectivity index (χ0v) is 10.4. The van der Waals surface area contributed by atoms with Gasteiger partial charge in [0.15, 0.2) is 0 Å². The molecule has 0 aromatic heterocycles. The Labute approximate surface area is 107 Å². The minimum Gasteiger partial charge on any atom is -0.507 e. The number of aromatic hydroxyl groups is 1. The molecule has 0 fully saturated rings. The number of unbranched alkanes of at least 4 members (excludes halogenated alkanes) is 1. The number of phenols is 1. The minimum absolute atomic E-state index is 0.156. The quantitative estimate of drug-likeness (QED) is 0.821. The van der Waals surface area contributed by atoms with Gasteiger partial charge >= 0.3 is 0 Å². The van der Waals surface area contributed by atoms with Crippen molar-refractivity contribution in [1.82, 2.24) is 0 Å². The molecule has 0 bridgehead atoms. The van der Waals surface area contributed by atoms with E-state index in [9.17, 15) is 9.90 Å². The van der Waals surface area contributed by atoms with Gasteiger partial charge in [-0.1, -0.05) is 43.7 Å². The Morgan fingerprint density at radius 2 is 2.00 bits per heavy atom. The third-order valence-electron chi connectivity index (χ3n) is 3.11. The van der Waals surface area contributed by atoms with Gasteiger partial charge in [-0.25, -0.2) is 4.79 Å². The number of fused-ring (bicyclic) bond motifs is 1. The van der Waals surface area contributed by atoms with Gasteiger partial charge in [0.1, 0.15) is 11.7 Å². The second-order valence-corrected chi connectivity index (χ2v) is 4.36. The first kappa shape index (κ1) is 12.4. The van der Waals surface area contributed by atoms with Crippen LogP contribution in [0.3, 0.4) is 0 Å². The van der Waals surface area contributed by atoms with Crippen molar-refractivity contribution in [2.24, 2.45) is 0 Å². The number of allylic oxidation sites excluding steroid dienone is 1. The Hall–Kier alpha value is -2.05. The molecule has 0 amide bonds. The maximum atomic E-state index is 11.1. The van der Waals surface area contributed by atoms with Gasteiger partial charge in [0, 0.05) is 11.1 Å². The van der Waals surface area contributed by atoms with Crippen LogP contribution in [-0.4, -0.2) is 11.0 Å². The summed E-state index contributed by atoms with van der Waals surface area (Å²) in [6.07, 6.45) is 2.59. The molecule has 0 saturated heterocycles. The number of rotatable bonds is 4. The summed E-state index contributed by atoms with van der Waals surface area (Å²) in [5.74, 6) is 2.15. The molecule has 1 N–H and O–H groups in total. The molecule has 0 radical (unpaired) electrons.